The molecule has 0 amide bonds. The van der Waals surface area contributed by atoms with Gasteiger partial charge in [-0.15, -0.1) is 0 Å². The topological polar surface area (TPSA) is 50.7 Å². The first-order chi connectivity index (χ1) is 9.08. The van der Waals surface area contributed by atoms with Crippen LogP contribution in [0, 0.1) is 0 Å². The van der Waals surface area contributed by atoms with Crippen LogP contribution in [0.2, 0.25) is 0 Å². The Morgan fingerprint density at radius 1 is 1.32 bits per heavy atom. The minimum Gasteiger partial charge on any atom is -0.497 e. The molecule has 0 aliphatic carbocycles. The Hall–Kier alpha value is -1.26. The molecule has 19 heavy (non-hydrogen) atoms. The average Bonchev–Trinajstić information content (AvgIpc) is 2.38. The minimum absolute atomic E-state index is 0.220. The molecule has 1 rings (SSSR count). The first kappa shape index (κ1) is 15.8. The first-order valence-electron chi connectivity index (χ1n) is 6.80. The van der Waals surface area contributed by atoms with Crippen molar-refractivity contribution in [3.05, 3.63) is 23.8 Å². The number of aliphatic hydroxyl groups is 1. The number of nitrogens with one attached hydrogen (secondary N) is 1. The van der Waals surface area contributed by atoms with E-state index in [1.165, 1.54) is 0 Å². The molecule has 108 valence electrons. The zero-order chi connectivity index (χ0) is 14.3. The highest BCUT2D eigenvalue weighted by Gasteiger charge is 2.12. The van der Waals surface area contributed by atoms with E-state index in [2.05, 4.69) is 19.2 Å². The van der Waals surface area contributed by atoms with Gasteiger partial charge < -0.3 is 19.9 Å². The van der Waals surface area contributed by atoms with E-state index >= 15 is 0 Å². The second-order valence-electron chi connectivity index (χ2n) is 4.67. The third-order valence-corrected chi connectivity index (χ3v) is 2.99. The van der Waals surface area contributed by atoms with Crippen LogP contribution in [0.5, 0.6) is 11.5 Å². The number of aliphatic hydroxyl groups excluding tert-OH is 1. The second kappa shape index (κ2) is 8.02. The smallest absolute Gasteiger partial charge is 0.127 e. The standard InChI is InChI=1S/C15H25NO3/c1-5-16-12(3)14-7-6-13(18-4)10-15(14)19-9-8-11(2)17/h6-7,10-12,16-17H,5,8-9H2,1-4H3. The summed E-state index contributed by atoms with van der Waals surface area (Å²) in [6.07, 6.45) is 0.270. The van der Waals surface area contributed by atoms with Crippen LogP contribution in [0.4, 0.5) is 0 Å². The maximum absolute atomic E-state index is 9.28. The van der Waals surface area contributed by atoms with Crippen LogP contribution in [-0.4, -0.2) is 31.5 Å². The summed E-state index contributed by atoms with van der Waals surface area (Å²) in [4.78, 5) is 0. The molecule has 2 atom stereocenters. The molecule has 0 spiro atoms. The molecule has 0 bridgehead atoms. The molecule has 0 aromatic heterocycles. The monoisotopic (exact) mass is 267 g/mol. The average molecular weight is 267 g/mol. The summed E-state index contributed by atoms with van der Waals surface area (Å²) in [6.45, 7) is 7.34. The Labute approximate surface area is 115 Å². The number of hydrogen-bond donors (Lipinski definition) is 2. The van der Waals surface area contributed by atoms with Gasteiger partial charge in [0, 0.05) is 24.1 Å². The third-order valence-electron chi connectivity index (χ3n) is 2.99. The van der Waals surface area contributed by atoms with Gasteiger partial charge in [-0.2, -0.15) is 0 Å². The summed E-state index contributed by atoms with van der Waals surface area (Å²) in [5.74, 6) is 1.59. The van der Waals surface area contributed by atoms with Gasteiger partial charge in [-0.1, -0.05) is 13.0 Å². The van der Waals surface area contributed by atoms with Gasteiger partial charge in [-0.05, 0) is 26.5 Å². The van der Waals surface area contributed by atoms with Crippen LogP contribution in [0.15, 0.2) is 18.2 Å². The Morgan fingerprint density at radius 3 is 2.63 bits per heavy atom. The molecule has 0 saturated carbocycles. The van der Waals surface area contributed by atoms with Crippen LogP contribution < -0.4 is 14.8 Å². The molecule has 1 aromatic rings. The highest BCUT2D eigenvalue weighted by Crippen LogP contribution is 2.29. The minimum atomic E-state index is -0.347. The van der Waals surface area contributed by atoms with Crippen molar-refractivity contribution < 1.29 is 14.6 Å². The lowest BCUT2D eigenvalue weighted by Gasteiger charge is -2.19. The second-order valence-corrected chi connectivity index (χ2v) is 4.67. The number of benzene rings is 1. The van der Waals surface area contributed by atoms with Gasteiger partial charge in [-0.25, -0.2) is 0 Å². The molecule has 0 saturated heterocycles. The number of hydrogen-bond acceptors (Lipinski definition) is 4. The van der Waals surface area contributed by atoms with Crippen molar-refractivity contribution >= 4 is 0 Å². The van der Waals surface area contributed by atoms with Crippen molar-refractivity contribution in [2.45, 2.75) is 39.3 Å². The van der Waals surface area contributed by atoms with E-state index < -0.39 is 0 Å². The maximum Gasteiger partial charge on any atom is 0.127 e. The summed E-state index contributed by atoms with van der Waals surface area (Å²) >= 11 is 0. The summed E-state index contributed by atoms with van der Waals surface area (Å²) in [5.41, 5.74) is 1.10. The predicted molar refractivity (Wildman–Crippen MR) is 76.9 cm³/mol. The third kappa shape index (κ3) is 5.09. The highest BCUT2D eigenvalue weighted by molar-refractivity contribution is 5.42. The first-order valence-corrected chi connectivity index (χ1v) is 6.80. The molecule has 0 heterocycles. The Kier molecular flexibility index (Phi) is 6.67. The normalized spacial score (nSPS) is 13.9. The lowest BCUT2D eigenvalue weighted by molar-refractivity contribution is 0.155. The zero-order valence-corrected chi connectivity index (χ0v) is 12.3. The molecule has 0 radical (unpaired) electrons. The fraction of sp³-hybridized carbons (Fsp3) is 0.600. The maximum atomic E-state index is 9.28. The quantitative estimate of drug-likeness (QED) is 0.760. The van der Waals surface area contributed by atoms with Crippen molar-refractivity contribution in [2.24, 2.45) is 0 Å². The van der Waals surface area contributed by atoms with Crippen LogP contribution in [0.1, 0.15) is 38.8 Å². The number of rotatable bonds is 8. The molecule has 1 aromatic carbocycles. The molecular formula is C15H25NO3. The van der Waals surface area contributed by atoms with Gasteiger partial charge in [0.1, 0.15) is 11.5 Å². The summed E-state index contributed by atoms with van der Waals surface area (Å²) < 4.78 is 11.0. The fourth-order valence-electron chi connectivity index (χ4n) is 1.88. The van der Waals surface area contributed by atoms with E-state index in [1.54, 1.807) is 14.0 Å². The van der Waals surface area contributed by atoms with Gasteiger partial charge in [0.2, 0.25) is 0 Å². The lowest BCUT2D eigenvalue weighted by atomic mass is 10.1. The largest absolute Gasteiger partial charge is 0.497 e. The van der Waals surface area contributed by atoms with E-state index in [0.717, 1.165) is 23.6 Å². The molecular weight excluding hydrogens is 242 g/mol. The van der Waals surface area contributed by atoms with Crippen molar-refractivity contribution in [1.29, 1.82) is 0 Å². The SMILES string of the molecule is CCNC(C)c1ccc(OC)cc1OCCC(C)O. The molecule has 2 unspecified atom stereocenters. The predicted octanol–water partition coefficient (Wildman–Crippen LogP) is 2.52. The van der Waals surface area contributed by atoms with Crippen LogP contribution in [0.3, 0.4) is 0 Å². The van der Waals surface area contributed by atoms with Crippen molar-refractivity contribution in [3.63, 3.8) is 0 Å². The van der Waals surface area contributed by atoms with E-state index in [4.69, 9.17) is 9.47 Å². The Bertz CT molecular complexity index is 380. The number of ether oxygens (including phenoxy) is 2. The summed E-state index contributed by atoms with van der Waals surface area (Å²) in [5, 5.41) is 12.6. The lowest BCUT2D eigenvalue weighted by Crippen LogP contribution is -2.19. The van der Waals surface area contributed by atoms with Crippen LogP contribution >= 0.6 is 0 Å². The van der Waals surface area contributed by atoms with Gasteiger partial charge in [-0.3, -0.25) is 0 Å². The molecule has 0 aliphatic rings. The molecule has 0 fully saturated rings. The van der Waals surface area contributed by atoms with E-state index in [1.807, 2.05) is 18.2 Å². The van der Waals surface area contributed by atoms with Gasteiger partial charge in [0.15, 0.2) is 0 Å². The van der Waals surface area contributed by atoms with Gasteiger partial charge in [0.05, 0.1) is 19.8 Å². The van der Waals surface area contributed by atoms with Crippen LogP contribution in [-0.2, 0) is 0 Å². The van der Waals surface area contributed by atoms with E-state index in [9.17, 15) is 5.11 Å². The molecule has 2 N–H and O–H groups in total. The number of methoxy groups -OCH3 is 1. The highest BCUT2D eigenvalue weighted by atomic mass is 16.5. The van der Waals surface area contributed by atoms with Crippen LogP contribution in [0.25, 0.3) is 0 Å². The van der Waals surface area contributed by atoms with Gasteiger partial charge >= 0.3 is 0 Å². The van der Waals surface area contributed by atoms with Gasteiger partial charge in [0.25, 0.3) is 0 Å². The molecule has 4 nitrogen and oxygen atoms in total. The summed E-state index contributed by atoms with van der Waals surface area (Å²) in [6, 6.07) is 6.07. The van der Waals surface area contributed by atoms with Crippen molar-refractivity contribution in [3.8, 4) is 11.5 Å². The van der Waals surface area contributed by atoms with Crippen molar-refractivity contribution in [1.82, 2.24) is 5.32 Å². The van der Waals surface area contributed by atoms with E-state index in [-0.39, 0.29) is 12.1 Å². The van der Waals surface area contributed by atoms with Crippen molar-refractivity contribution in [2.75, 3.05) is 20.3 Å². The molecule has 0 aliphatic heterocycles. The zero-order valence-electron chi connectivity index (χ0n) is 12.3. The Balaban J connectivity index is 2.82. The Morgan fingerprint density at radius 2 is 2.05 bits per heavy atom. The fourth-order valence-corrected chi connectivity index (χ4v) is 1.88. The summed E-state index contributed by atoms with van der Waals surface area (Å²) in [7, 11) is 1.64. The molecule has 4 heteroatoms. The van der Waals surface area contributed by atoms with E-state index in [0.29, 0.717) is 13.0 Å².